The van der Waals surface area contributed by atoms with Gasteiger partial charge in [0, 0.05) is 0 Å². The second-order valence-corrected chi connectivity index (χ2v) is 6.20. The number of ether oxygens (including phenoxy) is 1. The molecule has 2 unspecified atom stereocenters. The van der Waals surface area contributed by atoms with Gasteiger partial charge in [0.15, 0.2) is 0 Å². The molecule has 0 spiro atoms. The zero-order valence-electron chi connectivity index (χ0n) is 10.8. The summed E-state index contributed by atoms with van der Waals surface area (Å²) in [5.74, 6) is -0.222. The van der Waals surface area contributed by atoms with Gasteiger partial charge in [-0.05, 0) is 0 Å². The van der Waals surface area contributed by atoms with E-state index in [0.29, 0.717) is 6.04 Å². The van der Waals surface area contributed by atoms with Crippen molar-refractivity contribution in [1.82, 2.24) is 4.90 Å². The number of hydrogen-bond donors (Lipinski definition) is 0. The molecule has 0 aliphatic carbocycles. The minimum atomic E-state index is -0.120. The monoisotopic (exact) mass is 415 g/mol. The number of hydrogen-bond acceptors (Lipinski definition) is 3. The van der Waals surface area contributed by atoms with Crippen LogP contribution in [0.2, 0.25) is 0 Å². The molecule has 1 aromatic rings. The molecule has 0 saturated carbocycles. The van der Waals surface area contributed by atoms with Gasteiger partial charge in [0.2, 0.25) is 0 Å². The van der Waals surface area contributed by atoms with Crippen molar-refractivity contribution in [3.8, 4) is 0 Å². The molecule has 0 radical (unpaired) electrons. The fourth-order valence-corrected chi connectivity index (χ4v) is 4.42. The van der Waals surface area contributed by atoms with Crippen LogP contribution in [0.5, 0.6) is 0 Å². The number of carbonyl (C=O) groups excluding carboxylic acids is 1. The first-order valence-electron chi connectivity index (χ1n) is 6.03. The first-order chi connectivity index (χ1) is 8.57. The molecule has 3 nitrogen and oxygen atoms in total. The van der Waals surface area contributed by atoms with Crippen molar-refractivity contribution in [3.63, 3.8) is 0 Å². The summed E-state index contributed by atoms with van der Waals surface area (Å²) in [6.07, 6.45) is 0. The van der Waals surface area contributed by atoms with Gasteiger partial charge in [-0.1, -0.05) is 0 Å². The Bertz CT molecular complexity index is 458. The fourth-order valence-electron chi connectivity index (χ4n) is 2.45. The summed E-state index contributed by atoms with van der Waals surface area (Å²) in [6, 6.07) is 10.7. The van der Waals surface area contributed by atoms with E-state index in [9.17, 15) is 4.79 Å². The Morgan fingerprint density at radius 1 is 1.33 bits per heavy atom. The SMILES string of the molecule is COC(=O)C1[C](=[W])N(C(C)C)C1c1ccccc1. The van der Waals surface area contributed by atoms with Crippen LogP contribution in [-0.2, 0) is 28.9 Å². The first-order valence-corrected chi connectivity index (χ1v) is 7.49. The van der Waals surface area contributed by atoms with Gasteiger partial charge >= 0.3 is 119 Å². The topological polar surface area (TPSA) is 29.5 Å². The van der Waals surface area contributed by atoms with Crippen molar-refractivity contribution < 1.29 is 28.9 Å². The van der Waals surface area contributed by atoms with E-state index in [1.807, 2.05) is 18.2 Å². The maximum atomic E-state index is 11.9. The van der Waals surface area contributed by atoms with Crippen molar-refractivity contribution in [2.75, 3.05) is 7.11 Å². The van der Waals surface area contributed by atoms with Crippen molar-refractivity contribution in [3.05, 3.63) is 35.9 Å². The van der Waals surface area contributed by atoms with Gasteiger partial charge in [-0.2, -0.15) is 0 Å². The number of benzene rings is 1. The molecule has 0 N–H and O–H groups in total. The van der Waals surface area contributed by atoms with E-state index in [1.165, 1.54) is 36.0 Å². The van der Waals surface area contributed by atoms with Gasteiger partial charge in [-0.25, -0.2) is 0 Å². The Balaban J connectivity index is 2.33. The Morgan fingerprint density at radius 2 is 1.94 bits per heavy atom. The minimum absolute atomic E-state index is 0.102. The number of methoxy groups -OCH3 is 1. The second-order valence-electron chi connectivity index (χ2n) is 4.70. The van der Waals surface area contributed by atoms with Gasteiger partial charge < -0.3 is 0 Å². The molecule has 1 aromatic carbocycles. The summed E-state index contributed by atoms with van der Waals surface area (Å²) in [4.78, 5) is 14.2. The van der Waals surface area contributed by atoms with E-state index in [2.05, 4.69) is 30.9 Å². The molecule has 96 valence electrons. The van der Waals surface area contributed by atoms with Gasteiger partial charge in [-0.15, -0.1) is 0 Å². The predicted octanol–water partition coefficient (Wildman–Crippen LogP) is 1.92. The molecular formula is C14H17NO2W. The summed E-state index contributed by atoms with van der Waals surface area (Å²) in [6.45, 7) is 4.32. The number of rotatable bonds is 3. The van der Waals surface area contributed by atoms with Gasteiger partial charge in [-0.3, -0.25) is 0 Å². The van der Waals surface area contributed by atoms with Crippen molar-refractivity contribution in [2.45, 2.75) is 25.9 Å². The van der Waals surface area contributed by atoms with Gasteiger partial charge in [0.25, 0.3) is 0 Å². The first kappa shape index (κ1) is 13.6. The molecular weight excluding hydrogens is 398 g/mol. The zero-order chi connectivity index (χ0) is 13.3. The molecule has 1 aliphatic heterocycles. The number of carbonyl (C=O) groups is 1. The molecule has 2 atom stereocenters. The van der Waals surface area contributed by atoms with Crippen LogP contribution >= 0.6 is 0 Å². The Morgan fingerprint density at radius 3 is 2.44 bits per heavy atom. The van der Waals surface area contributed by atoms with E-state index < -0.39 is 0 Å². The molecule has 1 fully saturated rings. The Kier molecular flexibility index (Phi) is 4.13. The number of esters is 1. The van der Waals surface area contributed by atoms with Crippen molar-refractivity contribution >= 4 is 9.99 Å². The summed E-state index contributed by atoms with van der Waals surface area (Å²) in [7, 11) is 1.46. The summed E-state index contributed by atoms with van der Waals surface area (Å²) < 4.78 is 6.12. The quantitative estimate of drug-likeness (QED) is 0.707. The average Bonchev–Trinajstić information content (AvgIpc) is 2.36. The van der Waals surface area contributed by atoms with Crippen LogP contribution in [0.3, 0.4) is 0 Å². The molecule has 4 heteroatoms. The second kappa shape index (κ2) is 5.46. The third-order valence-electron chi connectivity index (χ3n) is 3.29. The van der Waals surface area contributed by atoms with Crippen LogP contribution in [0.15, 0.2) is 30.3 Å². The molecule has 1 aliphatic rings. The van der Waals surface area contributed by atoms with Crippen LogP contribution in [0, 0.1) is 5.92 Å². The van der Waals surface area contributed by atoms with Gasteiger partial charge in [0.05, 0.1) is 0 Å². The molecule has 1 saturated heterocycles. The van der Waals surface area contributed by atoms with Crippen LogP contribution in [0.4, 0.5) is 0 Å². The van der Waals surface area contributed by atoms with Crippen molar-refractivity contribution in [1.29, 1.82) is 0 Å². The number of nitrogens with zero attached hydrogens (tertiary/aromatic N) is 1. The number of likely N-dealkylation sites (tertiary alicyclic amines) is 1. The zero-order valence-corrected chi connectivity index (χ0v) is 13.7. The van der Waals surface area contributed by atoms with Crippen LogP contribution in [0.25, 0.3) is 0 Å². The molecule has 0 aromatic heterocycles. The van der Waals surface area contributed by atoms with E-state index in [-0.39, 0.29) is 17.9 Å². The molecule has 2 rings (SSSR count). The van der Waals surface area contributed by atoms with Crippen molar-refractivity contribution in [2.24, 2.45) is 5.92 Å². The Labute approximate surface area is 119 Å². The summed E-state index contributed by atoms with van der Waals surface area (Å²) in [5, 5.41) is 0. The molecule has 0 amide bonds. The Hall–Kier alpha value is -0.792. The third kappa shape index (κ3) is 2.22. The van der Waals surface area contributed by atoms with Gasteiger partial charge in [0.1, 0.15) is 0 Å². The van der Waals surface area contributed by atoms with Crippen LogP contribution in [-0.4, -0.2) is 28.0 Å². The third-order valence-corrected chi connectivity index (χ3v) is 4.96. The molecule has 1 heterocycles. The van der Waals surface area contributed by atoms with E-state index in [0.717, 1.165) is 0 Å². The standard InChI is InChI=1S/C14H17NO2.W/c1-10(2)15-9-12(14(16)17-3)13(15)11-7-5-4-6-8-11;/h4-8,10,12-13H,1-3H3;. The summed E-state index contributed by atoms with van der Waals surface area (Å²) >= 11 is 1.35. The van der Waals surface area contributed by atoms with Crippen LogP contribution < -0.4 is 0 Å². The van der Waals surface area contributed by atoms with Crippen LogP contribution in [0.1, 0.15) is 25.5 Å². The predicted molar refractivity (Wildman–Crippen MR) is 66.7 cm³/mol. The van der Waals surface area contributed by atoms with E-state index in [1.54, 1.807) is 0 Å². The summed E-state index contributed by atoms with van der Waals surface area (Å²) in [5.41, 5.74) is 1.19. The normalized spacial score (nSPS) is 23.9. The van der Waals surface area contributed by atoms with E-state index in [4.69, 9.17) is 4.74 Å². The fraction of sp³-hybridized carbons (Fsp3) is 0.429. The average molecular weight is 415 g/mol. The maximum absolute atomic E-state index is 11.9. The molecule has 0 bridgehead atoms. The molecule has 18 heavy (non-hydrogen) atoms. The van der Waals surface area contributed by atoms with E-state index >= 15 is 0 Å².